The highest BCUT2D eigenvalue weighted by atomic mass is 16.6. The van der Waals surface area contributed by atoms with Crippen LogP contribution in [-0.4, -0.2) is 27.7 Å². The van der Waals surface area contributed by atoms with Crippen LogP contribution in [0.3, 0.4) is 0 Å². The lowest BCUT2D eigenvalue weighted by Crippen LogP contribution is -2.27. The zero-order chi connectivity index (χ0) is 15.9. The number of hydrogen-bond donors (Lipinski definition) is 2. The quantitative estimate of drug-likeness (QED) is 0.622. The molecule has 1 atom stereocenters. The molecule has 2 aromatic rings. The summed E-state index contributed by atoms with van der Waals surface area (Å²) in [6, 6.07) is 13.6. The van der Waals surface area contributed by atoms with Gasteiger partial charge in [-0.15, -0.1) is 0 Å². The van der Waals surface area contributed by atoms with Crippen molar-refractivity contribution in [3.05, 3.63) is 63.8 Å². The average molecular weight is 298 g/mol. The van der Waals surface area contributed by atoms with E-state index in [0.717, 1.165) is 5.56 Å². The molecule has 112 valence electrons. The highest BCUT2D eigenvalue weighted by Gasteiger charge is 2.17. The molecule has 22 heavy (non-hydrogen) atoms. The second kappa shape index (κ2) is 7.15. The number of nitro groups is 1. The molecule has 0 fully saturated rings. The first kappa shape index (κ1) is 15.4. The summed E-state index contributed by atoms with van der Waals surface area (Å²) in [6.45, 7) is -0.130. The van der Waals surface area contributed by atoms with Crippen LogP contribution in [0.5, 0.6) is 0 Å². The Morgan fingerprint density at radius 2 is 2.05 bits per heavy atom. The van der Waals surface area contributed by atoms with Gasteiger partial charge in [-0.25, -0.2) is 4.98 Å². The lowest BCUT2D eigenvalue weighted by molar-refractivity contribution is -0.385. The van der Waals surface area contributed by atoms with Crippen molar-refractivity contribution in [1.82, 2.24) is 4.98 Å². The molecule has 0 aliphatic heterocycles. The fourth-order valence-electron chi connectivity index (χ4n) is 2.03. The van der Waals surface area contributed by atoms with Crippen molar-refractivity contribution in [2.45, 2.75) is 12.5 Å². The van der Waals surface area contributed by atoms with Crippen molar-refractivity contribution >= 4 is 11.5 Å². The molecule has 0 radical (unpaired) electrons. The molecule has 2 rings (SSSR count). The van der Waals surface area contributed by atoms with Gasteiger partial charge in [0.05, 0.1) is 17.6 Å². The molecule has 0 saturated heterocycles. The molecule has 7 heteroatoms. The molecule has 0 aliphatic rings. The Balaban J connectivity index is 2.14. The zero-order valence-electron chi connectivity index (χ0n) is 11.6. The summed E-state index contributed by atoms with van der Waals surface area (Å²) >= 11 is 0. The predicted octanol–water partition coefficient (Wildman–Crippen LogP) is 1.88. The summed E-state index contributed by atoms with van der Waals surface area (Å²) in [5, 5.41) is 32.1. The summed E-state index contributed by atoms with van der Waals surface area (Å²) < 4.78 is 0. The van der Waals surface area contributed by atoms with Crippen LogP contribution < -0.4 is 5.32 Å². The van der Waals surface area contributed by atoms with E-state index in [4.69, 9.17) is 5.26 Å². The maximum absolute atomic E-state index is 10.8. The van der Waals surface area contributed by atoms with Gasteiger partial charge in [0.2, 0.25) is 5.69 Å². The minimum Gasteiger partial charge on any atom is -0.394 e. The van der Waals surface area contributed by atoms with Gasteiger partial charge in [-0.1, -0.05) is 30.3 Å². The first-order chi connectivity index (χ1) is 10.6. The molecule has 1 unspecified atom stereocenters. The average Bonchev–Trinajstić information content (AvgIpc) is 2.54. The van der Waals surface area contributed by atoms with Gasteiger partial charge in [0.15, 0.2) is 0 Å². The molecule has 0 saturated carbocycles. The van der Waals surface area contributed by atoms with Gasteiger partial charge in [-0.05, 0) is 18.1 Å². The van der Waals surface area contributed by atoms with E-state index in [-0.39, 0.29) is 24.0 Å². The normalized spacial score (nSPS) is 11.5. The number of nitriles is 1. The number of aliphatic hydroxyl groups is 1. The number of rotatable bonds is 6. The third kappa shape index (κ3) is 3.77. The van der Waals surface area contributed by atoms with Crippen molar-refractivity contribution in [2.75, 3.05) is 11.9 Å². The monoisotopic (exact) mass is 298 g/mol. The first-order valence-electron chi connectivity index (χ1n) is 6.61. The number of nitrogens with one attached hydrogen (secondary N) is 1. The van der Waals surface area contributed by atoms with E-state index in [1.807, 2.05) is 30.3 Å². The number of nitrogens with zero attached hydrogens (tertiary/aromatic N) is 3. The first-order valence-corrected chi connectivity index (χ1v) is 6.61. The van der Waals surface area contributed by atoms with Crippen LogP contribution in [-0.2, 0) is 6.42 Å². The topological polar surface area (TPSA) is 112 Å². The lowest BCUT2D eigenvalue weighted by Gasteiger charge is -2.17. The summed E-state index contributed by atoms with van der Waals surface area (Å²) in [7, 11) is 0. The zero-order valence-corrected chi connectivity index (χ0v) is 11.6. The third-order valence-corrected chi connectivity index (χ3v) is 3.07. The summed E-state index contributed by atoms with van der Waals surface area (Å²) in [5.74, 6) is 0.317. The summed E-state index contributed by atoms with van der Waals surface area (Å²) in [5.41, 5.74) is 0.444. The number of benzene rings is 1. The van der Waals surface area contributed by atoms with Gasteiger partial charge in [-0.3, -0.25) is 10.1 Å². The Hall–Kier alpha value is -2.98. The maximum Gasteiger partial charge on any atom is 0.305 e. The number of anilines is 1. The van der Waals surface area contributed by atoms with E-state index in [9.17, 15) is 15.2 Å². The lowest BCUT2D eigenvalue weighted by atomic mass is 10.1. The maximum atomic E-state index is 10.8. The van der Waals surface area contributed by atoms with Crippen LogP contribution in [0.2, 0.25) is 0 Å². The molecule has 1 aromatic carbocycles. The van der Waals surface area contributed by atoms with Crippen LogP contribution in [0, 0.1) is 21.4 Å². The molecule has 1 heterocycles. The Morgan fingerprint density at radius 3 is 2.64 bits per heavy atom. The van der Waals surface area contributed by atoms with E-state index in [1.165, 1.54) is 12.1 Å². The van der Waals surface area contributed by atoms with Crippen molar-refractivity contribution in [3.8, 4) is 6.07 Å². The number of hydrogen-bond acceptors (Lipinski definition) is 6. The van der Waals surface area contributed by atoms with Crippen molar-refractivity contribution in [2.24, 2.45) is 0 Å². The molecule has 0 bridgehead atoms. The van der Waals surface area contributed by atoms with E-state index >= 15 is 0 Å². The number of pyridine rings is 1. The van der Waals surface area contributed by atoms with Crippen molar-refractivity contribution < 1.29 is 10.0 Å². The molecule has 1 aromatic heterocycles. The van der Waals surface area contributed by atoms with Gasteiger partial charge < -0.3 is 10.4 Å². The molecule has 0 aliphatic carbocycles. The fourth-order valence-corrected chi connectivity index (χ4v) is 2.03. The highest BCUT2D eigenvalue weighted by molar-refractivity contribution is 5.50. The Bertz CT molecular complexity index is 698. The van der Waals surface area contributed by atoms with Gasteiger partial charge in [0.25, 0.3) is 0 Å². The smallest absolute Gasteiger partial charge is 0.305 e. The fraction of sp³-hybridized carbons (Fsp3) is 0.200. The van der Waals surface area contributed by atoms with Gasteiger partial charge in [0.1, 0.15) is 11.9 Å². The molecule has 0 spiro atoms. The minimum atomic E-state index is -0.650. The summed E-state index contributed by atoms with van der Waals surface area (Å²) in [6.07, 6.45) is 0.567. The highest BCUT2D eigenvalue weighted by Crippen LogP contribution is 2.19. The Labute approximate surface area is 127 Å². The van der Waals surface area contributed by atoms with Crippen molar-refractivity contribution in [1.29, 1.82) is 5.26 Å². The van der Waals surface area contributed by atoms with Crippen LogP contribution in [0.1, 0.15) is 11.3 Å². The molecule has 0 amide bonds. The third-order valence-electron chi connectivity index (χ3n) is 3.07. The minimum absolute atomic E-state index is 0.130. The summed E-state index contributed by atoms with van der Waals surface area (Å²) in [4.78, 5) is 14.0. The van der Waals surface area contributed by atoms with Crippen molar-refractivity contribution in [3.63, 3.8) is 0 Å². The standard InChI is InChI=1S/C15H14N4O3/c16-9-13-14(19(21)22)6-7-15(18-13)17-12(10-20)8-11-4-2-1-3-5-11/h1-7,12,20H,8,10H2,(H,17,18). The second-order valence-corrected chi connectivity index (χ2v) is 4.65. The Kier molecular flexibility index (Phi) is 5.01. The van der Waals surface area contributed by atoms with Crippen LogP contribution in [0.4, 0.5) is 11.5 Å². The van der Waals surface area contributed by atoms with Crippen LogP contribution in [0.15, 0.2) is 42.5 Å². The second-order valence-electron chi connectivity index (χ2n) is 4.65. The molecular weight excluding hydrogens is 284 g/mol. The molecule has 7 nitrogen and oxygen atoms in total. The van der Waals surface area contributed by atoms with Crippen LogP contribution >= 0.6 is 0 Å². The van der Waals surface area contributed by atoms with Crippen LogP contribution in [0.25, 0.3) is 0 Å². The number of aromatic nitrogens is 1. The molecule has 2 N–H and O–H groups in total. The van der Waals surface area contributed by atoms with E-state index in [2.05, 4.69) is 10.3 Å². The van der Waals surface area contributed by atoms with Gasteiger partial charge >= 0.3 is 5.69 Å². The SMILES string of the molecule is N#Cc1nc(NC(CO)Cc2ccccc2)ccc1[N+](=O)[O-]. The predicted molar refractivity (Wildman–Crippen MR) is 80.2 cm³/mol. The van der Waals surface area contributed by atoms with Gasteiger partial charge in [0, 0.05) is 6.07 Å². The van der Waals surface area contributed by atoms with E-state index in [0.29, 0.717) is 12.2 Å². The molecular formula is C15H14N4O3. The van der Waals surface area contributed by atoms with E-state index in [1.54, 1.807) is 6.07 Å². The van der Waals surface area contributed by atoms with E-state index < -0.39 is 4.92 Å². The van der Waals surface area contributed by atoms with Gasteiger partial charge in [-0.2, -0.15) is 5.26 Å². The Morgan fingerprint density at radius 1 is 1.32 bits per heavy atom. The largest absolute Gasteiger partial charge is 0.394 e. The number of aliphatic hydroxyl groups excluding tert-OH is 1.